The van der Waals surface area contributed by atoms with Crippen molar-refractivity contribution in [1.82, 2.24) is 0 Å². The van der Waals surface area contributed by atoms with Crippen molar-refractivity contribution in [3.05, 3.63) is 65.2 Å². The average molecular weight is 282 g/mol. The number of hydrogen-bond acceptors (Lipinski definition) is 2. The van der Waals surface area contributed by atoms with E-state index in [9.17, 15) is 4.79 Å². The monoisotopic (exact) mass is 282 g/mol. The van der Waals surface area contributed by atoms with Crippen molar-refractivity contribution in [3.8, 4) is 5.75 Å². The predicted octanol–water partition coefficient (Wildman–Crippen LogP) is 4.61. The minimum Gasteiger partial charge on any atom is -0.494 e. The molecule has 0 heterocycles. The summed E-state index contributed by atoms with van der Waals surface area (Å²) in [6, 6.07) is 15.2. The third kappa shape index (κ3) is 3.52. The second-order valence-electron chi connectivity index (χ2n) is 6.09. The molecule has 0 N–H and O–H groups in total. The van der Waals surface area contributed by atoms with E-state index in [1.807, 2.05) is 55.5 Å². The first-order valence-corrected chi connectivity index (χ1v) is 7.30. The van der Waals surface area contributed by atoms with Crippen LogP contribution in [0.2, 0.25) is 0 Å². The molecule has 21 heavy (non-hydrogen) atoms. The van der Waals surface area contributed by atoms with Gasteiger partial charge in [-0.05, 0) is 30.0 Å². The van der Waals surface area contributed by atoms with E-state index in [1.165, 1.54) is 0 Å². The second kappa shape index (κ2) is 6.13. The van der Waals surface area contributed by atoms with Gasteiger partial charge >= 0.3 is 0 Å². The van der Waals surface area contributed by atoms with Crippen molar-refractivity contribution in [3.63, 3.8) is 0 Å². The van der Waals surface area contributed by atoms with Gasteiger partial charge in [0.15, 0.2) is 5.78 Å². The molecule has 0 aliphatic heterocycles. The van der Waals surface area contributed by atoms with Crippen LogP contribution < -0.4 is 4.74 Å². The Morgan fingerprint density at radius 3 is 2.43 bits per heavy atom. The van der Waals surface area contributed by atoms with Crippen molar-refractivity contribution < 1.29 is 9.53 Å². The number of hydrogen-bond donors (Lipinski definition) is 0. The van der Waals surface area contributed by atoms with E-state index >= 15 is 0 Å². The van der Waals surface area contributed by atoms with Gasteiger partial charge in [-0.15, -0.1) is 0 Å². The maximum Gasteiger partial charge on any atom is 0.193 e. The fourth-order valence-electron chi connectivity index (χ4n) is 2.38. The number of ketones is 1. The highest BCUT2D eigenvalue weighted by atomic mass is 16.5. The Morgan fingerprint density at radius 2 is 1.76 bits per heavy atom. The summed E-state index contributed by atoms with van der Waals surface area (Å²) in [6.07, 6.45) is 0. The van der Waals surface area contributed by atoms with Crippen molar-refractivity contribution >= 4 is 5.78 Å². The maximum atomic E-state index is 12.8. The molecule has 0 aliphatic rings. The minimum atomic E-state index is -0.0657. The summed E-state index contributed by atoms with van der Waals surface area (Å²) in [7, 11) is 0. The SMILES string of the molecule is CCOc1cccc(C(=O)c2ccccc2C(C)(C)C)c1. The number of carbonyl (C=O) groups excluding carboxylic acids is 1. The Morgan fingerprint density at radius 1 is 1.05 bits per heavy atom. The smallest absolute Gasteiger partial charge is 0.193 e. The van der Waals surface area contributed by atoms with Gasteiger partial charge in [-0.2, -0.15) is 0 Å². The van der Waals surface area contributed by atoms with E-state index in [0.29, 0.717) is 12.2 Å². The van der Waals surface area contributed by atoms with Gasteiger partial charge in [0.25, 0.3) is 0 Å². The summed E-state index contributed by atoms with van der Waals surface area (Å²) in [5.41, 5.74) is 2.43. The molecule has 110 valence electrons. The second-order valence-corrected chi connectivity index (χ2v) is 6.09. The molecule has 0 amide bonds. The molecule has 0 radical (unpaired) electrons. The first-order valence-electron chi connectivity index (χ1n) is 7.30. The van der Waals surface area contributed by atoms with Crippen LogP contribution in [-0.4, -0.2) is 12.4 Å². The molecular formula is C19H22O2. The molecule has 0 saturated carbocycles. The molecule has 0 unspecified atom stereocenters. The van der Waals surface area contributed by atoms with Gasteiger partial charge in [0, 0.05) is 11.1 Å². The molecule has 0 saturated heterocycles. The number of rotatable bonds is 4. The summed E-state index contributed by atoms with van der Waals surface area (Å²) in [6.45, 7) is 8.89. The first kappa shape index (κ1) is 15.3. The van der Waals surface area contributed by atoms with Gasteiger partial charge in [0.1, 0.15) is 5.75 Å². The van der Waals surface area contributed by atoms with Crippen molar-refractivity contribution in [2.24, 2.45) is 0 Å². The van der Waals surface area contributed by atoms with Crippen LogP contribution in [0.25, 0.3) is 0 Å². The third-order valence-electron chi connectivity index (χ3n) is 3.39. The van der Waals surface area contributed by atoms with Crippen molar-refractivity contribution in [1.29, 1.82) is 0 Å². The van der Waals surface area contributed by atoms with Crippen molar-refractivity contribution in [2.75, 3.05) is 6.61 Å². The Kier molecular flexibility index (Phi) is 4.46. The van der Waals surface area contributed by atoms with Gasteiger partial charge in [-0.25, -0.2) is 0 Å². The lowest BCUT2D eigenvalue weighted by Gasteiger charge is -2.22. The highest BCUT2D eigenvalue weighted by Crippen LogP contribution is 2.28. The van der Waals surface area contributed by atoms with Gasteiger partial charge in [-0.1, -0.05) is 57.2 Å². The standard InChI is InChI=1S/C19H22O2/c1-5-21-15-10-8-9-14(13-15)18(20)16-11-6-7-12-17(16)19(2,3)4/h6-13H,5H2,1-4H3. The lowest BCUT2D eigenvalue weighted by Crippen LogP contribution is -2.17. The van der Waals surface area contributed by atoms with Crippen LogP contribution in [-0.2, 0) is 5.41 Å². The topological polar surface area (TPSA) is 26.3 Å². The predicted molar refractivity (Wildman–Crippen MR) is 86.2 cm³/mol. The molecule has 0 atom stereocenters. The van der Waals surface area contributed by atoms with E-state index in [2.05, 4.69) is 20.8 Å². The Bertz CT molecular complexity index is 636. The van der Waals surface area contributed by atoms with E-state index in [1.54, 1.807) is 0 Å². The molecule has 0 spiro atoms. The molecule has 2 rings (SSSR count). The lowest BCUT2D eigenvalue weighted by molar-refractivity contribution is 0.103. The van der Waals surface area contributed by atoms with E-state index < -0.39 is 0 Å². The lowest BCUT2D eigenvalue weighted by atomic mass is 9.82. The molecule has 2 heteroatoms. The summed E-state index contributed by atoms with van der Waals surface area (Å²) in [5, 5.41) is 0. The normalized spacial score (nSPS) is 11.2. The molecule has 2 nitrogen and oxygen atoms in total. The fraction of sp³-hybridized carbons (Fsp3) is 0.316. The first-order chi connectivity index (χ1) is 9.93. The Labute approximate surface area is 126 Å². The number of carbonyl (C=O) groups is 1. The summed E-state index contributed by atoms with van der Waals surface area (Å²) in [4.78, 5) is 12.8. The molecule has 0 aliphatic carbocycles. The van der Waals surface area contributed by atoms with E-state index in [-0.39, 0.29) is 11.2 Å². The zero-order valence-electron chi connectivity index (χ0n) is 13.1. The molecule has 0 aromatic heterocycles. The highest BCUT2D eigenvalue weighted by Gasteiger charge is 2.22. The van der Waals surface area contributed by atoms with Crippen LogP contribution in [0, 0.1) is 0 Å². The summed E-state index contributed by atoms with van der Waals surface area (Å²) < 4.78 is 5.48. The van der Waals surface area contributed by atoms with Crippen LogP contribution in [0.5, 0.6) is 5.75 Å². The van der Waals surface area contributed by atoms with Crippen LogP contribution in [0.15, 0.2) is 48.5 Å². The summed E-state index contributed by atoms with van der Waals surface area (Å²) in [5.74, 6) is 0.777. The number of benzene rings is 2. The van der Waals surface area contributed by atoms with Gasteiger partial charge in [0.05, 0.1) is 6.61 Å². The zero-order valence-corrected chi connectivity index (χ0v) is 13.1. The highest BCUT2D eigenvalue weighted by molar-refractivity contribution is 6.10. The molecule has 2 aromatic carbocycles. The summed E-state index contributed by atoms with van der Waals surface area (Å²) >= 11 is 0. The van der Waals surface area contributed by atoms with E-state index in [4.69, 9.17) is 4.74 Å². The van der Waals surface area contributed by atoms with E-state index in [0.717, 1.165) is 16.9 Å². The van der Waals surface area contributed by atoms with Gasteiger partial charge in [-0.3, -0.25) is 4.79 Å². The quantitative estimate of drug-likeness (QED) is 0.765. The Hall–Kier alpha value is -2.09. The molecule has 0 bridgehead atoms. The third-order valence-corrected chi connectivity index (χ3v) is 3.39. The van der Waals surface area contributed by atoms with Crippen LogP contribution in [0.3, 0.4) is 0 Å². The van der Waals surface area contributed by atoms with Crippen LogP contribution in [0.1, 0.15) is 49.2 Å². The molecular weight excluding hydrogens is 260 g/mol. The minimum absolute atomic E-state index is 0.0436. The van der Waals surface area contributed by atoms with Gasteiger partial charge in [0.2, 0.25) is 0 Å². The Balaban J connectivity index is 2.43. The zero-order chi connectivity index (χ0) is 15.5. The van der Waals surface area contributed by atoms with Crippen LogP contribution in [0.4, 0.5) is 0 Å². The molecule has 0 fully saturated rings. The maximum absolute atomic E-state index is 12.8. The largest absolute Gasteiger partial charge is 0.494 e. The fourth-order valence-corrected chi connectivity index (χ4v) is 2.38. The average Bonchev–Trinajstić information content (AvgIpc) is 2.46. The van der Waals surface area contributed by atoms with Crippen LogP contribution >= 0.6 is 0 Å². The molecule has 2 aromatic rings. The number of ether oxygens (including phenoxy) is 1. The van der Waals surface area contributed by atoms with Crippen molar-refractivity contribution in [2.45, 2.75) is 33.1 Å². The van der Waals surface area contributed by atoms with Gasteiger partial charge < -0.3 is 4.74 Å².